The molecule has 0 aromatic carbocycles. The number of hydrogen-bond donors (Lipinski definition) is 1. The minimum Gasteiger partial charge on any atom is -0.356 e. The highest BCUT2D eigenvalue weighted by molar-refractivity contribution is 7.13. The fourth-order valence-corrected chi connectivity index (χ4v) is 3.32. The van der Waals surface area contributed by atoms with Crippen molar-refractivity contribution in [1.29, 1.82) is 0 Å². The molecule has 2 saturated heterocycles. The van der Waals surface area contributed by atoms with Gasteiger partial charge >= 0.3 is 0 Å². The number of hydrogen-bond acceptors (Lipinski definition) is 5. The van der Waals surface area contributed by atoms with Crippen LogP contribution in [0.15, 0.2) is 5.51 Å². The van der Waals surface area contributed by atoms with Crippen LogP contribution in [0.3, 0.4) is 0 Å². The molecule has 1 aromatic heterocycles. The molecule has 2 aliphatic rings. The first-order chi connectivity index (χ1) is 7.43. The molecule has 3 rings (SSSR count). The Labute approximate surface area is 93.7 Å². The van der Waals surface area contributed by atoms with E-state index in [0.29, 0.717) is 6.04 Å². The predicted octanol–water partition coefficient (Wildman–Crippen LogP) is 1.58. The van der Waals surface area contributed by atoms with Gasteiger partial charge in [-0.3, -0.25) is 4.90 Å². The molecule has 0 spiro atoms. The SMILES string of the molecule is c1nnc(NC2CCN3CCCCC23)s1. The maximum atomic E-state index is 4.06. The van der Waals surface area contributed by atoms with Gasteiger partial charge in [0.25, 0.3) is 0 Å². The largest absolute Gasteiger partial charge is 0.356 e. The van der Waals surface area contributed by atoms with E-state index in [0.717, 1.165) is 11.2 Å². The molecule has 5 heteroatoms. The average Bonchev–Trinajstić information content (AvgIpc) is 2.89. The number of nitrogens with one attached hydrogen (secondary N) is 1. The fourth-order valence-electron chi connectivity index (χ4n) is 2.81. The molecule has 2 atom stereocenters. The van der Waals surface area contributed by atoms with Gasteiger partial charge in [0.05, 0.1) is 0 Å². The van der Waals surface area contributed by atoms with Crippen molar-refractivity contribution < 1.29 is 0 Å². The molecule has 82 valence electrons. The zero-order valence-electron chi connectivity index (χ0n) is 8.72. The summed E-state index contributed by atoms with van der Waals surface area (Å²) in [5, 5.41) is 12.4. The molecule has 0 saturated carbocycles. The summed E-state index contributed by atoms with van der Waals surface area (Å²) in [4.78, 5) is 2.63. The lowest BCUT2D eigenvalue weighted by molar-refractivity contribution is 0.192. The Hall–Kier alpha value is -0.680. The first-order valence-corrected chi connectivity index (χ1v) is 6.58. The predicted molar refractivity (Wildman–Crippen MR) is 61.1 cm³/mol. The molecule has 0 radical (unpaired) electrons. The maximum absolute atomic E-state index is 4.06. The Kier molecular flexibility index (Phi) is 2.58. The van der Waals surface area contributed by atoms with Gasteiger partial charge in [-0.2, -0.15) is 0 Å². The third kappa shape index (κ3) is 1.86. The molecule has 15 heavy (non-hydrogen) atoms. The molecule has 0 bridgehead atoms. The average molecular weight is 224 g/mol. The van der Waals surface area contributed by atoms with E-state index >= 15 is 0 Å². The van der Waals surface area contributed by atoms with Crippen LogP contribution in [0.25, 0.3) is 0 Å². The van der Waals surface area contributed by atoms with Crippen molar-refractivity contribution in [3.05, 3.63) is 5.51 Å². The van der Waals surface area contributed by atoms with E-state index in [-0.39, 0.29) is 0 Å². The summed E-state index contributed by atoms with van der Waals surface area (Å²) in [6.07, 6.45) is 5.36. The highest BCUT2D eigenvalue weighted by Gasteiger charge is 2.35. The van der Waals surface area contributed by atoms with Crippen molar-refractivity contribution in [2.75, 3.05) is 18.4 Å². The van der Waals surface area contributed by atoms with Crippen LogP contribution in [0.1, 0.15) is 25.7 Å². The van der Waals surface area contributed by atoms with Crippen molar-refractivity contribution in [2.45, 2.75) is 37.8 Å². The summed E-state index contributed by atoms with van der Waals surface area (Å²) in [6.45, 7) is 2.54. The number of piperidine rings is 1. The molecule has 2 unspecified atom stereocenters. The van der Waals surface area contributed by atoms with Gasteiger partial charge in [-0.15, -0.1) is 10.2 Å². The molecular weight excluding hydrogens is 208 g/mol. The molecule has 2 fully saturated rings. The number of fused-ring (bicyclic) bond motifs is 1. The van der Waals surface area contributed by atoms with Gasteiger partial charge in [0.1, 0.15) is 5.51 Å². The standard InChI is InChI=1S/C10H16N4S/c1-2-5-14-6-4-8(9(14)3-1)12-10-13-11-7-15-10/h7-9H,1-6H2,(H,12,13). The van der Waals surface area contributed by atoms with E-state index in [1.165, 1.54) is 38.8 Å². The zero-order chi connectivity index (χ0) is 10.1. The van der Waals surface area contributed by atoms with Gasteiger partial charge in [-0.25, -0.2) is 0 Å². The zero-order valence-corrected chi connectivity index (χ0v) is 9.54. The minimum atomic E-state index is 0.596. The van der Waals surface area contributed by atoms with E-state index in [1.807, 2.05) is 0 Å². The van der Waals surface area contributed by atoms with Gasteiger partial charge in [-0.1, -0.05) is 17.8 Å². The Balaban J connectivity index is 1.67. The van der Waals surface area contributed by atoms with E-state index in [2.05, 4.69) is 20.4 Å². The summed E-state index contributed by atoms with van der Waals surface area (Å²) in [5.41, 5.74) is 1.79. The normalized spacial score (nSPS) is 31.5. The van der Waals surface area contributed by atoms with Gasteiger partial charge in [0.2, 0.25) is 5.13 Å². The van der Waals surface area contributed by atoms with Gasteiger partial charge < -0.3 is 5.32 Å². The lowest BCUT2D eigenvalue weighted by Crippen LogP contribution is -2.41. The van der Waals surface area contributed by atoms with Crippen molar-refractivity contribution in [1.82, 2.24) is 15.1 Å². The number of rotatable bonds is 2. The summed E-state index contributed by atoms with van der Waals surface area (Å²) < 4.78 is 0. The van der Waals surface area contributed by atoms with Crippen molar-refractivity contribution in [3.8, 4) is 0 Å². The van der Waals surface area contributed by atoms with Crippen LogP contribution in [0.2, 0.25) is 0 Å². The van der Waals surface area contributed by atoms with Crippen molar-refractivity contribution in [3.63, 3.8) is 0 Å². The van der Waals surface area contributed by atoms with E-state index in [4.69, 9.17) is 0 Å². The van der Waals surface area contributed by atoms with Gasteiger partial charge in [0.15, 0.2) is 0 Å². The van der Waals surface area contributed by atoms with E-state index in [9.17, 15) is 0 Å². The second-order valence-corrected chi connectivity index (χ2v) is 5.22. The second kappa shape index (κ2) is 4.06. The maximum Gasteiger partial charge on any atom is 0.205 e. The summed E-state index contributed by atoms with van der Waals surface area (Å²) in [6, 6.07) is 1.33. The topological polar surface area (TPSA) is 41.1 Å². The summed E-state index contributed by atoms with van der Waals surface area (Å²) >= 11 is 1.60. The first kappa shape index (κ1) is 9.54. The Morgan fingerprint density at radius 2 is 2.33 bits per heavy atom. The van der Waals surface area contributed by atoms with E-state index in [1.54, 1.807) is 16.8 Å². The van der Waals surface area contributed by atoms with E-state index < -0.39 is 0 Å². The summed E-state index contributed by atoms with van der Waals surface area (Å²) in [7, 11) is 0. The molecule has 1 N–H and O–H groups in total. The second-order valence-electron chi connectivity index (χ2n) is 4.38. The Bertz CT molecular complexity index is 313. The van der Waals surface area contributed by atoms with Crippen LogP contribution in [0.5, 0.6) is 0 Å². The van der Waals surface area contributed by atoms with Crippen LogP contribution in [0.4, 0.5) is 5.13 Å². The molecule has 0 amide bonds. The highest BCUT2D eigenvalue weighted by atomic mass is 32.1. The lowest BCUT2D eigenvalue weighted by Gasteiger charge is -2.32. The Morgan fingerprint density at radius 3 is 3.20 bits per heavy atom. The van der Waals surface area contributed by atoms with Crippen LogP contribution >= 0.6 is 11.3 Å². The van der Waals surface area contributed by atoms with Crippen LogP contribution in [-0.2, 0) is 0 Å². The molecule has 4 nitrogen and oxygen atoms in total. The molecule has 1 aromatic rings. The van der Waals surface area contributed by atoms with Crippen LogP contribution < -0.4 is 5.32 Å². The molecule has 3 heterocycles. The van der Waals surface area contributed by atoms with Gasteiger partial charge in [-0.05, 0) is 25.8 Å². The third-order valence-corrected chi connectivity index (χ3v) is 4.15. The smallest absolute Gasteiger partial charge is 0.205 e. The van der Waals surface area contributed by atoms with Crippen molar-refractivity contribution in [2.24, 2.45) is 0 Å². The highest BCUT2D eigenvalue weighted by Crippen LogP contribution is 2.29. The van der Waals surface area contributed by atoms with Crippen molar-refractivity contribution >= 4 is 16.5 Å². The molecule has 0 aliphatic carbocycles. The minimum absolute atomic E-state index is 0.596. The molecular formula is C10H16N4S. The van der Waals surface area contributed by atoms with Crippen LogP contribution in [-0.4, -0.2) is 40.3 Å². The Morgan fingerprint density at radius 1 is 1.33 bits per heavy atom. The molecule has 2 aliphatic heterocycles. The monoisotopic (exact) mass is 224 g/mol. The van der Waals surface area contributed by atoms with Crippen LogP contribution in [0, 0.1) is 0 Å². The number of anilines is 1. The lowest BCUT2D eigenvalue weighted by atomic mass is 9.99. The quantitative estimate of drug-likeness (QED) is 0.828. The van der Waals surface area contributed by atoms with Gasteiger partial charge in [0, 0.05) is 18.6 Å². The fraction of sp³-hybridized carbons (Fsp3) is 0.800. The first-order valence-electron chi connectivity index (χ1n) is 5.70. The summed E-state index contributed by atoms with van der Waals surface area (Å²) in [5.74, 6) is 0. The third-order valence-electron chi connectivity index (χ3n) is 3.52. The number of aromatic nitrogens is 2. The number of nitrogens with zero attached hydrogens (tertiary/aromatic N) is 3.